The SMILES string of the molecule is CN1CCN2C(=O)CCC(=O)C2C1. The summed E-state index contributed by atoms with van der Waals surface area (Å²) in [7, 11) is 1.99. The van der Waals surface area contributed by atoms with E-state index in [2.05, 4.69) is 4.90 Å². The minimum absolute atomic E-state index is 0.151. The summed E-state index contributed by atoms with van der Waals surface area (Å²) in [6.45, 7) is 2.31. The lowest BCUT2D eigenvalue weighted by Gasteiger charge is -2.41. The molecule has 0 bridgehead atoms. The van der Waals surface area contributed by atoms with E-state index in [0.717, 1.165) is 6.54 Å². The molecule has 0 spiro atoms. The lowest BCUT2D eigenvalue weighted by Crippen LogP contribution is -2.59. The van der Waals surface area contributed by atoms with Crippen molar-refractivity contribution >= 4 is 11.7 Å². The highest BCUT2D eigenvalue weighted by Gasteiger charge is 2.37. The van der Waals surface area contributed by atoms with Gasteiger partial charge in [-0.25, -0.2) is 0 Å². The molecule has 13 heavy (non-hydrogen) atoms. The summed E-state index contributed by atoms with van der Waals surface area (Å²) < 4.78 is 0. The van der Waals surface area contributed by atoms with Gasteiger partial charge in [0, 0.05) is 32.5 Å². The van der Waals surface area contributed by atoms with E-state index in [1.54, 1.807) is 4.90 Å². The molecule has 0 aliphatic carbocycles. The first-order chi connectivity index (χ1) is 6.18. The molecule has 1 unspecified atom stereocenters. The highest BCUT2D eigenvalue weighted by molar-refractivity contribution is 5.95. The van der Waals surface area contributed by atoms with Gasteiger partial charge in [-0.05, 0) is 7.05 Å². The average molecular weight is 182 g/mol. The molecule has 2 rings (SSSR count). The van der Waals surface area contributed by atoms with Crippen LogP contribution in [0.5, 0.6) is 0 Å². The number of rotatable bonds is 0. The van der Waals surface area contributed by atoms with Gasteiger partial charge >= 0.3 is 0 Å². The van der Waals surface area contributed by atoms with Crippen molar-refractivity contribution in [3.8, 4) is 0 Å². The number of Topliss-reactive ketones (excluding diaryl/α,β-unsaturated/α-hetero) is 1. The zero-order valence-electron chi connectivity index (χ0n) is 7.82. The number of piperazine rings is 1. The van der Waals surface area contributed by atoms with Crippen LogP contribution < -0.4 is 0 Å². The highest BCUT2D eigenvalue weighted by Crippen LogP contribution is 2.18. The summed E-state index contributed by atoms with van der Waals surface area (Å²) in [4.78, 5) is 26.8. The van der Waals surface area contributed by atoms with Gasteiger partial charge in [-0.2, -0.15) is 0 Å². The van der Waals surface area contributed by atoms with Crippen LogP contribution in [0.2, 0.25) is 0 Å². The number of hydrogen-bond donors (Lipinski definition) is 0. The van der Waals surface area contributed by atoms with Crippen molar-refractivity contribution in [1.29, 1.82) is 0 Å². The third-order valence-electron chi connectivity index (χ3n) is 2.86. The van der Waals surface area contributed by atoms with Crippen LogP contribution in [0.15, 0.2) is 0 Å². The predicted molar refractivity (Wildman–Crippen MR) is 47.2 cm³/mol. The van der Waals surface area contributed by atoms with E-state index in [9.17, 15) is 9.59 Å². The number of nitrogens with zero attached hydrogens (tertiary/aromatic N) is 2. The predicted octanol–water partition coefficient (Wildman–Crippen LogP) is -0.508. The zero-order valence-corrected chi connectivity index (χ0v) is 7.82. The van der Waals surface area contributed by atoms with Gasteiger partial charge in [0.25, 0.3) is 0 Å². The number of likely N-dealkylation sites (N-methyl/N-ethyl adjacent to an activating group) is 1. The summed E-state index contributed by atoms with van der Waals surface area (Å²) in [6, 6.07) is -0.153. The second-order valence-corrected chi connectivity index (χ2v) is 3.83. The van der Waals surface area contributed by atoms with E-state index in [4.69, 9.17) is 0 Å². The van der Waals surface area contributed by atoms with Gasteiger partial charge in [-0.15, -0.1) is 0 Å². The minimum atomic E-state index is -0.153. The number of carbonyl (C=O) groups excluding carboxylic acids is 2. The smallest absolute Gasteiger partial charge is 0.223 e. The molecule has 0 radical (unpaired) electrons. The van der Waals surface area contributed by atoms with Gasteiger partial charge in [0.15, 0.2) is 5.78 Å². The van der Waals surface area contributed by atoms with E-state index < -0.39 is 0 Å². The Morgan fingerprint density at radius 1 is 1.23 bits per heavy atom. The topological polar surface area (TPSA) is 40.6 Å². The molecule has 1 atom stereocenters. The lowest BCUT2D eigenvalue weighted by molar-refractivity contribution is -0.148. The molecule has 0 aromatic heterocycles. The van der Waals surface area contributed by atoms with Gasteiger partial charge in [-0.1, -0.05) is 0 Å². The third kappa shape index (κ3) is 1.46. The van der Waals surface area contributed by atoms with Crippen molar-refractivity contribution in [2.75, 3.05) is 26.7 Å². The van der Waals surface area contributed by atoms with Crippen molar-refractivity contribution in [2.45, 2.75) is 18.9 Å². The van der Waals surface area contributed by atoms with E-state index in [1.165, 1.54) is 0 Å². The summed E-state index contributed by atoms with van der Waals surface area (Å²) >= 11 is 0. The Morgan fingerprint density at radius 3 is 2.77 bits per heavy atom. The second-order valence-electron chi connectivity index (χ2n) is 3.83. The van der Waals surface area contributed by atoms with Gasteiger partial charge < -0.3 is 9.80 Å². The Hall–Kier alpha value is -0.900. The molecule has 2 saturated heterocycles. The fraction of sp³-hybridized carbons (Fsp3) is 0.778. The molecule has 4 heteroatoms. The number of carbonyl (C=O) groups is 2. The summed E-state index contributed by atoms with van der Waals surface area (Å²) in [6.07, 6.45) is 0.854. The van der Waals surface area contributed by atoms with Crippen molar-refractivity contribution in [1.82, 2.24) is 9.80 Å². The fourth-order valence-electron chi connectivity index (χ4n) is 2.03. The molecule has 2 aliphatic heterocycles. The van der Waals surface area contributed by atoms with Gasteiger partial charge in [0.2, 0.25) is 5.91 Å². The van der Waals surface area contributed by atoms with E-state index in [0.29, 0.717) is 25.9 Å². The Bertz CT molecular complexity index is 252. The van der Waals surface area contributed by atoms with Gasteiger partial charge in [0.1, 0.15) is 6.04 Å². The molecular weight excluding hydrogens is 168 g/mol. The van der Waals surface area contributed by atoms with Crippen molar-refractivity contribution < 1.29 is 9.59 Å². The highest BCUT2D eigenvalue weighted by atomic mass is 16.2. The van der Waals surface area contributed by atoms with Crippen LogP contribution in [0.4, 0.5) is 0 Å². The maximum absolute atomic E-state index is 11.5. The summed E-state index contributed by atoms with van der Waals surface area (Å²) in [5.41, 5.74) is 0. The third-order valence-corrected chi connectivity index (χ3v) is 2.86. The molecule has 2 aliphatic rings. The number of hydrogen-bond acceptors (Lipinski definition) is 3. The molecular formula is C9H14N2O2. The average Bonchev–Trinajstić information content (AvgIpc) is 2.12. The minimum Gasteiger partial charge on any atom is -0.330 e. The Morgan fingerprint density at radius 2 is 2.00 bits per heavy atom. The molecule has 2 fully saturated rings. The molecule has 4 nitrogen and oxygen atoms in total. The largest absolute Gasteiger partial charge is 0.330 e. The maximum atomic E-state index is 11.5. The lowest BCUT2D eigenvalue weighted by atomic mass is 9.98. The molecule has 0 aromatic carbocycles. The van der Waals surface area contributed by atoms with Crippen molar-refractivity contribution in [2.24, 2.45) is 0 Å². The summed E-state index contributed by atoms with van der Waals surface area (Å²) in [5, 5.41) is 0. The van der Waals surface area contributed by atoms with Crippen molar-refractivity contribution in [3.05, 3.63) is 0 Å². The summed E-state index contributed by atoms with van der Waals surface area (Å²) in [5.74, 6) is 0.379. The number of piperidine rings is 1. The second kappa shape index (κ2) is 3.10. The van der Waals surface area contributed by atoms with E-state index in [1.807, 2.05) is 7.05 Å². The molecule has 2 heterocycles. The maximum Gasteiger partial charge on any atom is 0.223 e. The molecule has 0 aromatic rings. The normalized spacial score (nSPS) is 30.5. The fourth-order valence-corrected chi connectivity index (χ4v) is 2.03. The monoisotopic (exact) mass is 182 g/mol. The molecule has 0 saturated carbocycles. The zero-order chi connectivity index (χ0) is 9.42. The van der Waals surface area contributed by atoms with Crippen LogP contribution in [0, 0.1) is 0 Å². The quantitative estimate of drug-likeness (QED) is 0.506. The Balaban J connectivity index is 2.15. The first kappa shape index (κ1) is 8.69. The van der Waals surface area contributed by atoms with E-state index in [-0.39, 0.29) is 17.7 Å². The van der Waals surface area contributed by atoms with Crippen LogP contribution in [0.1, 0.15) is 12.8 Å². The molecule has 1 amide bonds. The van der Waals surface area contributed by atoms with Crippen molar-refractivity contribution in [3.63, 3.8) is 0 Å². The standard InChI is InChI=1S/C9H14N2O2/c1-10-4-5-11-7(6-10)8(12)2-3-9(11)13/h7H,2-6H2,1H3. The van der Waals surface area contributed by atoms with Gasteiger partial charge in [-0.3, -0.25) is 9.59 Å². The van der Waals surface area contributed by atoms with E-state index >= 15 is 0 Å². The molecule has 0 N–H and O–H groups in total. The first-order valence-corrected chi connectivity index (χ1v) is 4.69. The van der Waals surface area contributed by atoms with Gasteiger partial charge in [0.05, 0.1) is 0 Å². The number of amides is 1. The van der Waals surface area contributed by atoms with Crippen LogP contribution >= 0.6 is 0 Å². The Kier molecular flexibility index (Phi) is 2.07. The van der Waals surface area contributed by atoms with Crippen LogP contribution in [0.25, 0.3) is 0 Å². The number of fused-ring (bicyclic) bond motifs is 1. The first-order valence-electron chi connectivity index (χ1n) is 4.69. The van der Waals surface area contributed by atoms with Crippen LogP contribution in [-0.4, -0.2) is 54.2 Å². The Labute approximate surface area is 77.5 Å². The van der Waals surface area contributed by atoms with Crippen LogP contribution in [0.3, 0.4) is 0 Å². The molecule has 72 valence electrons. The van der Waals surface area contributed by atoms with Crippen LogP contribution in [-0.2, 0) is 9.59 Å². The number of ketones is 1.